The fourth-order valence-electron chi connectivity index (χ4n) is 2.95. The highest BCUT2D eigenvalue weighted by Crippen LogP contribution is 2.25. The van der Waals surface area contributed by atoms with Crippen LogP contribution in [0.15, 0.2) is 52.0 Å². The highest BCUT2D eigenvalue weighted by atomic mass is 16.5. The highest BCUT2D eigenvalue weighted by molar-refractivity contribution is 6.02. The molecule has 0 saturated carbocycles. The average Bonchev–Trinajstić information content (AvgIpc) is 3.02. The molecular formula is C21H20N2O5. The summed E-state index contributed by atoms with van der Waals surface area (Å²) in [6, 6.07) is 12.5. The third kappa shape index (κ3) is 3.88. The second-order valence-corrected chi connectivity index (χ2v) is 6.29. The molecule has 1 aromatic heterocycles. The summed E-state index contributed by atoms with van der Waals surface area (Å²) in [7, 11) is 1.48. The smallest absolute Gasteiger partial charge is 0.307 e. The topological polar surface area (TPSA) is 101 Å². The van der Waals surface area contributed by atoms with E-state index in [-0.39, 0.29) is 12.2 Å². The zero-order valence-corrected chi connectivity index (χ0v) is 15.8. The Morgan fingerprint density at radius 2 is 1.96 bits per heavy atom. The molecule has 0 fully saturated rings. The van der Waals surface area contributed by atoms with Crippen LogP contribution in [-0.4, -0.2) is 29.8 Å². The van der Waals surface area contributed by atoms with Crippen LogP contribution in [-0.2, 0) is 11.2 Å². The normalized spacial score (nSPS) is 11.5. The van der Waals surface area contributed by atoms with Crippen LogP contribution in [0.25, 0.3) is 11.0 Å². The van der Waals surface area contributed by atoms with Gasteiger partial charge < -0.3 is 14.3 Å². The first-order valence-electron chi connectivity index (χ1n) is 8.62. The molecule has 0 unspecified atom stereocenters. The van der Waals surface area contributed by atoms with E-state index in [4.69, 9.17) is 14.3 Å². The number of carbonyl (C=O) groups excluding carboxylic acids is 1. The minimum absolute atomic E-state index is 0.172. The molecule has 0 aliphatic rings. The minimum Gasteiger partial charge on any atom is -0.496 e. The van der Waals surface area contributed by atoms with Crippen molar-refractivity contribution >= 4 is 28.6 Å². The van der Waals surface area contributed by atoms with E-state index in [1.54, 1.807) is 31.2 Å². The quantitative estimate of drug-likeness (QED) is 0.503. The van der Waals surface area contributed by atoms with E-state index >= 15 is 0 Å². The SMILES string of the molecule is COc1ccc(/C(C)=N\NC(=O)c2oc3ccccc3c2C)cc1CC(=O)O. The summed E-state index contributed by atoms with van der Waals surface area (Å²) in [4.78, 5) is 23.5. The summed E-state index contributed by atoms with van der Waals surface area (Å²) < 4.78 is 10.8. The molecule has 0 atom stereocenters. The average molecular weight is 380 g/mol. The zero-order chi connectivity index (χ0) is 20.3. The number of rotatable bonds is 6. The van der Waals surface area contributed by atoms with Crippen molar-refractivity contribution in [2.75, 3.05) is 7.11 Å². The van der Waals surface area contributed by atoms with Crippen molar-refractivity contribution in [2.24, 2.45) is 5.10 Å². The monoisotopic (exact) mass is 380 g/mol. The summed E-state index contributed by atoms with van der Waals surface area (Å²) in [5.41, 5.74) is 5.61. The van der Waals surface area contributed by atoms with Gasteiger partial charge >= 0.3 is 11.9 Å². The fourth-order valence-corrected chi connectivity index (χ4v) is 2.95. The van der Waals surface area contributed by atoms with Gasteiger partial charge in [0.15, 0.2) is 5.76 Å². The number of methoxy groups -OCH3 is 1. The molecule has 7 heteroatoms. The fraction of sp³-hybridized carbons (Fsp3) is 0.190. The van der Waals surface area contributed by atoms with Crippen molar-refractivity contribution in [3.63, 3.8) is 0 Å². The number of carboxylic acid groups (broad SMARTS) is 1. The first-order chi connectivity index (χ1) is 13.4. The van der Waals surface area contributed by atoms with Gasteiger partial charge in [-0.1, -0.05) is 18.2 Å². The van der Waals surface area contributed by atoms with Crippen molar-refractivity contribution in [1.29, 1.82) is 0 Å². The number of aliphatic carboxylic acids is 1. The molecular weight excluding hydrogens is 360 g/mol. The third-order valence-electron chi connectivity index (χ3n) is 4.41. The number of amides is 1. The van der Waals surface area contributed by atoms with Crippen molar-refractivity contribution in [3.05, 3.63) is 64.9 Å². The first-order valence-corrected chi connectivity index (χ1v) is 8.62. The number of carboxylic acids is 1. The zero-order valence-electron chi connectivity index (χ0n) is 15.8. The molecule has 0 radical (unpaired) electrons. The molecule has 1 heterocycles. The summed E-state index contributed by atoms with van der Waals surface area (Å²) in [6.07, 6.45) is -0.172. The predicted octanol–water partition coefficient (Wildman–Crippen LogP) is 3.53. The Balaban J connectivity index is 1.82. The van der Waals surface area contributed by atoms with Crippen molar-refractivity contribution in [3.8, 4) is 5.75 Å². The summed E-state index contributed by atoms with van der Waals surface area (Å²) >= 11 is 0. The lowest BCUT2D eigenvalue weighted by Gasteiger charge is -2.09. The maximum absolute atomic E-state index is 12.5. The Labute approximate surface area is 161 Å². The summed E-state index contributed by atoms with van der Waals surface area (Å²) in [5.74, 6) is -0.717. The molecule has 3 rings (SSSR count). The number of furan rings is 1. The molecule has 0 bridgehead atoms. The van der Waals surface area contributed by atoms with Gasteiger partial charge in [-0.2, -0.15) is 5.10 Å². The Kier molecular flexibility index (Phi) is 5.44. The number of benzene rings is 2. The van der Waals surface area contributed by atoms with Gasteiger partial charge in [-0.05, 0) is 43.7 Å². The first kappa shape index (κ1) is 19.2. The van der Waals surface area contributed by atoms with Crippen LogP contribution in [0, 0.1) is 6.92 Å². The molecule has 0 saturated heterocycles. The van der Waals surface area contributed by atoms with E-state index in [1.807, 2.05) is 25.1 Å². The van der Waals surface area contributed by atoms with Gasteiger partial charge in [-0.3, -0.25) is 9.59 Å². The molecule has 144 valence electrons. The van der Waals surface area contributed by atoms with Crippen LogP contribution in [0.1, 0.15) is 34.2 Å². The van der Waals surface area contributed by atoms with E-state index < -0.39 is 11.9 Å². The largest absolute Gasteiger partial charge is 0.496 e. The number of hydrogen-bond donors (Lipinski definition) is 2. The van der Waals surface area contributed by atoms with E-state index in [0.29, 0.717) is 28.2 Å². The predicted molar refractivity (Wildman–Crippen MR) is 105 cm³/mol. The van der Waals surface area contributed by atoms with Crippen molar-refractivity contribution < 1.29 is 23.8 Å². The standard InChI is InChI=1S/C21H20N2O5/c1-12-16-6-4-5-7-18(16)28-20(12)21(26)23-22-13(2)14-8-9-17(27-3)15(10-14)11-19(24)25/h4-10H,11H2,1-3H3,(H,23,26)(H,24,25)/b22-13-. The third-order valence-corrected chi connectivity index (χ3v) is 4.41. The maximum Gasteiger partial charge on any atom is 0.307 e. The molecule has 0 aliphatic heterocycles. The molecule has 0 aliphatic carbocycles. The molecule has 1 amide bonds. The van der Waals surface area contributed by atoms with Crippen LogP contribution in [0.5, 0.6) is 5.75 Å². The molecule has 3 aromatic rings. The second kappa shape index (κ2) is 7.96. The number of para-hydroxylation sites is 1. The van der Waals surface area contributed by atoms with Gasteiger partial charge in [0.05, 0.1) is 19.2 Å². The summed E-state index contributed by atoms with van der Waals surface area (Å²) in [5, 5.41) is 14.1. The Morgan fingerprint density at radius 3 is 2.64 bits per heavy atom. The van der Waals surface area contributed by atoms with E-state index in [9.17, 15) is 9.59 Å². The van der Waals surface area contributed by atoms with Gasteiger partial charge in [0.2, 0.25) is 0 Å². The van der Waals surface area contributed by atoms with Gasteiger partial charge in [0.25, 0.3) is 0 Å². The number of carbonyl (C=O) groups is 2. The Morgan fingerprint density at radius 1 is 1.21 bits per heavy atom. The van der Waals surface area contributed by atoms with Gasteiger partial charge in [-0.15, -0.1) is 0 Å². The number of ether oxygens (including phenoxy) is 1. The lowest BCUT2D eigenvalue weighted by atomic mass is 10.0. The number of aryl methyl sites for hydroxylation is 1. The van der Waals surface area contributed by atoms with Crippen LogP contribution in [0.4, 0.5) is 0 Å². The van der Waals surface area contributed by atoms with E-state index in [2.05, 4.69) is 10.5 Å². The second-order valence-electron chi connectivity index (χ2n) is 6.29. The number of nitrogens with one attached hydrogen (secondary N) is 1. The van der Waals surface area contributed by atoms with Crippen molar-refractivity contribution in [2.45, 2.75) is 20.3 Å². The van der Waals surface area contributed by atoms with Gasteiger partial charge in [0, 0.05) is 16.5 Å². The highest BCUT2D eigenvalue weighted by Gasteiger charge is 2.17. The maximum atomic E-state index is 12.5. The lowest BCUT2D eigenvalue weighted by Crippen LogP contribution is -2.19. The van der Waals surface area contributed by atoms with Crippen molar-refractivity contribution in [1.82, 2.24) is 5.43 Å². The van der Waals surface area contributed by atoms with Crippen LogP contribution < -0.4 is 10.2 Å². The Bertz CT molecular complexity index is 1080. The van der Waals surface area contributed by atoms with E-state index in [0.717, 1.165) is 10.9 Å². The van der Waals surface area contributed by atoms with E-state index in [1.165, 1.54) is 7.11 Å². The minimum atomic E-state index is -0.960. The molecule has 0 spiro atoms. The molecule has 28 heavy (non-hydrogen) atoms. The van der Waals surface area contributed by atoms with Gasteiger partial charge in [0.1, 0.15) is 11.3 Å². The van der Waals surface area contributed by atoms with Crippen LogP contribution >= 0.6 is 0 Å². The molecule has 7 nitrogen and oxygen atoms in total. The number of fused-ring (bicyclic) bond motifs is 1. The summed E-state index contributed by atoms with van der Waals surface area (Å²) in [6.45, 7) is 3.54. The van der Waals surface area contributed by atoms with Gasteiger partial charge in [-0.25, -0.2) is 5.43 Å². The van der Waals surface area contributed by atoms with Crippen LogP contribution in [0.3, 0.4) is 0 Å². The lowest BCUT2D eigenvalue weighted by molar-refractivity contribution is -0.136. The Hall–Kier alpha value is -3.61. The molecule has 2 aromatic carbocycles. The number of nitrogens with zero attached hydrogens (tertiary/aromatic N) is 1. The number of hydrazone groups is 1. The molecule has 2 N–H and O–H groups in total. The number of hydrogen-bond acceptors (Lipinski definition) is 5. The van der Waals surface area contributed by atoms with Crippen LogP contribution in [0.2, 0.25) is 0 Å².